The molecule has 0 saturated carbocycles. The van der Waals surface area contributed by atoms with Crippen molar-refractivity contribution in [2.24, 2.45) is 0 Å². The highest BCUT2D eigenvalue weighted by atomic mass is 79.9. The first-order chi connectivity index (χ1) is 9.69. The monoisotopic (exact) mass is 333 g/mol. The third kappa shape index (κ3) is 4.44. The van der Waals surface area contributed by atoms with Crippen molar-refractivity contribution in [1.29, 1.82) is 0 Å². The highest BCUT2D eigenvalue weighted by Crippen LogP contribution is 2.17. The molecule has 0 bridgehead atoms. The van der Waals surface area contributed by atoms with Crippen molar-refractivity contribution in [2.45, 2.75) is 25.9 Å². The lowest BCUT2D eigenvalue weighted by molar-refractivity contribution is 0.241. The Morgan fingerprint density at radius 1 is 1.10 bits per heavy atom. The van der Waals surface area contributed by atoms with Crippen molar-refractivity contribution in [3.8, 4) is 0 Å². The van der Waals surface area contributed by atoms with Gasteiger partial charge in [-0.15, -0.1) is 0 Å². The Bertz CT molecular complexity index is 542. The summed E-state index contributed by atoms with van der Waals surface area (Å²) in [5.74, 6) is 0. The van der Waals surface area contributed by atoms with Crippen molar-refractivity contribution in [3.05, 3.63) is 69.7 Å². The van der Waals surface area contributed by atoms with Crippen LogP contribution in [0.1, 0.15) is 16.7 Å². The zero-order valence-corrected chi connectivity index (χ0v) is 13.2. The minimum absolute atomic E-state index is 0.0810. The number of hydrogen-bond donors (Lipinski definition) is 2. The average Bonchev–Trinajstić information content (AvgIpc) is 2.48. The molecule has 0 radical (unpaired) electrons. The summed E-state index contributed by atoms with van der Waals surface area (Å²) in [6.45, 7) is 2.98. The molecule has 0 unspecified atom stereocenters. The molecule has 3 heteroatoms. The lowest BCUT2D eigenvalue weighted by Crippen LogP contribution is -2.34. The van der Waals surface area contributed by atoms with E-state index in [1.165, 1.54) is 16.7 Å². The summed E-state index contributed by atoms with van der Waals surface area (Å²) in [5, 5.41) is 12.9. The lowest BCUT2D eigenvalue weighted by atomic mass is 10.1. The third-order valence-electron chi connectivity index (χ3n) is 3.38. The first kappa shape index (κ1) is 15.2. The molecule has 1 atom stereocenters. The third-order valence-corrected chi connectivity index (χ3v) is 4.23. The summed E-state index contributed by atoms with van der Waals surface area (Å²) in [5.41, 5.74) is 3.69. The molecule has 106 valence electrons. The van der Waals surface area contributed by atoms with Gasteiger partial charge in [-0.2, -0.15) is 0 Å². The predicted octanol–water partition coefficient (Wildman–Crippen LogP) is 3.45. The maximum Gasteiger partial charge on any atom is 0.0587 e. The van der Waals surface area contributed by atoms with Crippen LogP contribution in [0.15, 0.2) is 53.0 Å². The molecule has 2 rings (SSSR count). The number of hydrogen-bond acceptors (Lipinski definition) is 2. The van der Waals surface area contributed by atoms with Crippen LogP contribution >= 0.6 is 15.9 Å². The van der Waals surface area contributed by atoms with Crippen molar-refractivity contribution in [3.63, 3.8) is 0 Å². The molecule has 0 heterocycles. The summed E-state index contributed by atoms with van der Waals surface area (Å²) >= 11 is 3.55. The summed E-state index contributed by atoms with van der Waals surface area (Å²) in [6, 6.07) is 16.7. The smallest absolute Gasteiger partial charge is 0.0587 e. The van der Waals surface area contributed by atoms with E-state index < -0.39 is 0 Å². The van der Waals surface area contributed by atoms with E-state index in [0.29, 0.717) is 0 Å². The van der Waals surface area contributed by atoms with Crippen molar-refractivity contribution in [1.82, 2.24) is 5.32 Å². The second-order valence-corrected chi connectivity index (χ2v) is 5.89. The normalized spacial score (nSPS) is 12.3. The van der Waals surface area contributed by atoms with Crippen LogP contribution in [0.3, 0.4) is 0 Å². The van der Waals surface area contributed by atoms with Crippen LogP contribution in [-0.4, -0.2) is 17.8 Å². The van der Waals surface area contributed by atoms with Crippen LogP contribution in [0.5, 0.6) is 0 Å². The summed E-state index contributed by atoms with van der Waals surface area (Å²) < 4.78 is 1.13. The predicted molar refractivity (Wildman–Crippen MR) is 86.7 cm³/mol. The number of nitrogens with one attached hydrogen (secondary N) is 1. The maximum atomic E-state index is 9.49. The van der Waals surface area contributed by atoms with Crippen LogP contribution in [0.25, 0.3) is 0 Å². The quantitative estimate of drug-likeness (QED) is 0.848. The number of aliphatic hydroxyl groups excluding tert-OH is 1. The first-order valence-electron chi connectivity index (χ1n) is 6.82. The number of aryl methyl sites for hydroxylation is 1. The van der Waals surface area contributed by atoms with Crippen molar-refractivity contribution in [2.75, 3.05) is 6.61 Å². The van der Waals surface area contributed by atoms with Gasteiger partial charge in [0.05, 0.1) is 6.61 Å². The molecular formula is C17H20BrNO. The van der Waals surface area contributed by atoms with E-state index in [4.69, 9.17) is 0 Å². The van der Waals surface area contributed by atoms with E-state index >= 15 is 0 Å². The Morgan fingerprint density at radius 2 is 1.85 bits per heavy atom. The Labute approximate surface area is 129 Å². The van der Waals surface area contributed by atoms with Crippen LogP contribution in [-0.2, 0) is 13.0 Å². The fourth-order valence-corrected chi connectivity index (χ4v) is 2.53. The average molecular weight is 334 g/mol. The van der Waals surface area contributed by atoms with E-state index in [-0.39, 0.29) is 12.6 Å². The molecule has 0 aliphatic heterocycles. The zero-order valence-electron chi connectivity index (χ0n) is 11.6. The molecule has 2 aromatic carbocycles. The van der Waals surface area contributed by atoms with Crippen LogP contribution in [0, 0.1) is 6.92 Å². The number of aliphatic hydroxyl groups is 1. The lowest BCUT2D eigenvalue weighted by Gasteiger charge is -2.16. The van der Waals surface area contributed by atoms with Gasteiger partial charge in [-0.3, -0.25) is 0 Å². The highest BCUT2D eigenvalue weighted by molar-refractivity contribution is 9.10. The number of halogens is 1. The minimum atomic E-state index is 0.0810. The number of benzene rings is 2. The topological polar surface area (TPSA) is 32.3 Å². The van der Waals surface area contributed by atoms with E-state index in [1.54, 1.807) is 0 Å². The SMILES string of the molecule is Cc1ccc(CN[C@H](CO)Cc2ccccc2)cc1Br. The van der Waals surface area contributed by atoms with E-state index in [9.17, 15) is 5.11 Å². The summed E-state index contributed by atoms with van der Waals surface area (Å²) in [6.07, 6.45) is 0.838. The molecule has 0 spiro atoms. The molecule has 0 fully saturated rings. The standard InChI is InChI=1S/C17H20BrNO/c1-13-7-8-15(10-17(13)18)11-19-16(12-20)9-14-5-3-2-4-6-14/h2-8,10,16,19-20H,9,11-12H2,1H3/t16-/m0/s1. The molecule has 2 N–H and O–H groups in total. The molecule has 0 aliphatic rings. The fourth-order valence-electron chi connectivity index (χ4n) is 2.11. The molecular weight excluding hydrogens is 314 g/mol. The molecule has 2 nitrogen and oxygen atoms in total. The van der Waals surface area contributed by atoms with Crippen LogP contribution in [0.4, 0.5) is 0 Å². The van der Waals surface area contributed by atoms with Gasteiger partial charge in [0.1, 0.15) is 0 Å². The van der Waals surface area contributed by atoms with Gasteiger partial charge < -0.3 is 10.4 Å². The molecule has 2 aromatic rings. The van der Waals surface area contributed by atoms with Gasteiger partial charge in [-0.25, -0.2) is 0 Å². The van der Waals surface area contributed by atoms with Crippen LogP contribution < -0.4 is 5.32 Å². The first-order valence-corrected chi connectivity index (χ1v) is 7.61. The summed E-state index contributed by atoms with van der Waals surface area (Å²) in [7, 11) is 0. The fraction of sp³-hybridized carbons (Fsp3) is 0.294. The number of rotatable bonds is 6. The Balaban J connectivity index is 1.92. The van der Waals surface area contributed by atoms with Crippen molar-refractivity contribution < 1.29 is 5.11 Å². The van der Waals surface area contributed by atoms with Crippen LogP contribution in [0.2, 0.25) is 0 Å². The van der Waals surface area contributed by atoms with Gasteiger partial charge >= 0.3 is 0 Å². The van der Waals surface area contributed by atoms with Gasteiger partial charge in [-0.05, 0) is 36.1 Å². The molecule has 0 aliphatic carbocycles. The second-order valence-electron chi connectivity index (χ2n) is 5.03. The van der Waals surface area contributed by atoms with E-state index in [2.05, 4.69) is 58.5 Å². The van der Waals surface area contributed by atoms with Gasteiger partial charge in [0.15, 0.2) is 0 Å². The van der Waals surface area contributed by atoms with E-state index in [0.717, 1.165) is 17.4 Å². The molecule has 20 heavy (non-hydrogen) atoms. The Hall–Kier alpha value is -1.16. The largest absolute Gasteiger partial charge is 0.395 e. The molecule has 0 saturated heterocycles. The zero-order chi connectivity index (χ0) is 14.4. The highest BCUT2D eigenvalue weighted by Gasteiger charge is 2.08. The minimum Gasteiger partial charge on any atom is -0.395 e. The Morgan fingerprint density at radius 3 is 2.50 bits per heavy atom. The molecule has 0 amide bonds. The van der Waals surface area contributed by atoms with Crippen molar-refractivity contribution >= 4 is 15.9 Å². The Kier molecular flexibility index (Phi) is 5.77. The van der Waals surface area contributed by atoms with Gasteiger partial charge in [0.25, 0.3) is 0 Å². The second kappa shape index (κ2) is 7.58. The maximum absolute atomic E-state index is 9.49. The van der Waals surface area contributed by atoms with Gasteiger partial charge in [-0.1, -0.05) is 58.4 Å². The van der Waals surface area contributed by atoms with Gasteiger partial charge in [0.2, 0.25) is 0 Å². The van der Waals surface area contributed by atoms with Gasteiger partial charge in [0, 0.05) is 17.1 Å². The summed E-state index contributed by atoms with van der Waals surface area (Å²) in [4.78, 5) is 0. The van der Waals surface area contributed by atoms with E-state index in [1.807, 2.05) is 18.2 Å². The molecule has 0 aromatic heterocycles.